The number of rotatable bonds is 11. The second-order valence-electron chi connectivity index (χ2n) is 17.0. The second kappa shape index (κ2) is 13.8. The van der Waals surface area contributed by atoms with Crippen LogP contribution in [0.15, 0.2) is 0 Å². The number of nitrogens with zero attached hydrogens (tertiary/aromatic N) is 7. The van der Waals surface area contributed by atoms with E-state index in [1.54, 1.807) is 0 Å². The normalized spacial score (nSPS) is 25.0. The van der Waals surface area contributed by atoms with Gasteiger partial charge in [-0.2, -0.15) is 9.97 Å². The van der Waals surface area contributed by atoms with Crippen molar-refractivity contribution in [2.24, 2.45) is 0 Å². The molecule has 8 nitrogen and oxygen atoms in total. The van der Waals surface area contributed by atoms with E-state index in [4.69, 9.17) is 19.7 Å². The SMILES string of the molecule is Cc1nc(C2CCOCC2)nc(N(CCCCCCN(C)C2CC(C)(C)N(C)C(C)(C)C2)C2CC(C)(C)N(C)C(C)(C)C2)n1. The quantitative estimate of drug-likeness (QED) is 0.256. The fourth-order valence-corrected chi connectivity index (χ4v) is 8.55. The number of piperidine rings is 2. The molecule has 4 rings (SSSR count). The maximum atomic E-state index is 5.65. The Morgan fingerprint density at radius 3 is 1.68 bits per heavy atom. The van der Waals surface area contributed by atoms with E-state index in [1.165, 1.54) is 45.1 Å². The van der Waals surface area contributed by atoms with Gasteiger partial charge in [-0.1, -0.05) is 12.8 Å². The number of ether oxygens (including phenoxy) is 1. The summed E-state index contributed by atoms with van der Waals surface area (Å²) in [5.41, 5.74) is 0.689. The maximum Gasteiger partial charge on any atom is 0.229 e. The van der Waals surface area contributed by atoms with Gasteiger partial charge < -0.3 is 14.5 Å². The maximum absolute atomic E-state index is 5.65. The highest BCUT2D eigenvalue weighted by Gasteiger charge is 2.46. The van der Waals surface area contributed by atoms with Crippen LogP contribution in [-0.2, 0) is 4.74 Å². The van der Waals surface area contributed by atoms with Gasteiger partial charge in [0.25, 0.3) is 0 Å². The van der Waals surface area contributed by atoms with E-state index in [2.05, 4.69) is 96.1 Å². The predicted molar refractivity (Wildman–Crippen MR) is 184 cm³/mol. The van der Waals surface area contributed by atoms with Crippen molar-refractivity contribution in [3.63, 3.8) is 0 Å². The molecule has 0 aliphatic carbocycles. The highest BCUT2D eigenvalue weighted by Crippen LogP contribution is 2.41. The molecule has 0 amide bonds. The van der Waals surface area contributed by atoms with Crippen molar-refractivity contribution in [3.8, 4) is 0 Å². The molecule has 0 atom stereocenters. The average molecular weight is 614 g/mol. The summed E-state index contributed by atoms with van der Waals surface area (Å²) < 4.78 is 5.65. The molecule has 0 saturated carbocycles. The highest BCUT2D eigenvalue weighted by atomic mass is 16.5. The third-order valence-electron chi connectivity index (χ3n) is 11.9. The Bertz CT molecular complexity index is 1040. The standard InChI is InChI=1S/C36H67N7O/c1-27-37-31(28-17-21-44-22-18-28)39-32(38-27)43(30-25-35(6,7)42(12)36(8,9)26-30)20-16-14-13-15-19-40(10)29-23-33(2,3)41(11)34(4,5)24-29/h28-30H,13-26H2,1-12H3. The molecule has 0 radical (unpaired) electrons. The minimum absolute atomic E-state index is 0.109. The van der Waals surface area contributed by atoms with Gasteiger partial charge in [-0.15, -0.1) is 0 Å². The Kier molecular flexibility index (Phi) is 11.1. The lowest BCUT2D eigenvalue weighted by atomic mass is 9.77. The first-order chi connectivity index (χ1) is 20.4. The minimum Gasteiger partial charge on any atom is -0.381 e. The predicted octanol–water partition coefficient (Wildman–Crippen LogP) is 6.68. The van der Waals surface area contributed by atoms with Gasteiger partial charge >= 0.3 is 0 Å². The third kappa shape index (κ3) is 8.32. The molecule has 0 spiro atoms. The van der Waals surface area contributed by atoms with Gasteiger partial charge in [-0.05, 0) is 141 Å². The lowest BCUT2D eigenvalue weighted by Gasteiger charge is -2.55. The highest BCUT2D eigenvalue weighted by molar-refractivity contribution is 5.34. The van der Waals surface area contributed by atoms with Crippen LogP contribution in [0.25, 0.3) is 0 Å². The second-order valence-corrected chi connectivity index (χ2v) is 17.0. The van der Waals surface area contributed by atoms with Gasteiger partial charge in [0, 0.05) is 59.9 Å². The van der Waals surface area contributed by atoms with Crippen LogP contribution in [0.5, 0.6) is 0 Å². The molecule has 3 aliphatic heterocycles. The first-order valence-corrected chi connectivity index (χ1v) is 17.7. The molecule has 8 heteroatoms. The third-order valence-corrected chi connectivity index (χ3v) is 11.9. The van der Waals surface area contributed by atoms with Crippen molar-refractivity contribution < 1.29 is 4.74 Å². The minimum atomic E-state index is 0.109. The smallest absolute Gasteiger partial charge is 0.229 e. The van der Waals surface area contributed by atoms with Crippen molar-refractivity contribution >= 4 is 5.95 Å². The van der Waals surface area contributed by atoms with E-state index < -0.39 is 0 Å². The van der Waals surface area contributed by atoms with Crippen LogP contribution in [0.1, 0.15) is 137 Å². The number of hydrogen-bond acceptors (Lipinski definition) is 8. The summed E-state index contributed by atoms with van der Waals surface area (Å²) in [7, 11) is 6.95. The van der Waals surface area contributed by atoms with Gasteiger partial charge in [-0.3, -0.25) is 9.80 Å². The number of aromatic nitrogens is 3. The van der Waals surface area contributed by atoms with E-state index in [0.29, 0.717) is 18.0 Å². The molecule has 252 valence electrons. The van der Waals surface area contributed by atoms with E-state index in [0.717, 1.165) is 63.0 Å². The molecule has 0 bridgehead atoms. The van der Waals surface area contributed by atoms with Crippen molar-refractivity contribution in [1.29, 1.82) is 0 Å². The first kappa shape index (κ1) is 35.5. The molecule has 3 saturated heterocycles. The summed E-state index contributed by atoms with van der Waals surface area (Å²) in [6, 6.07) is 1.06. The van der Waals surface area contributed by atoms with Crippen molar-refractivity contribution in [1.82, 2.24) is 29.7 Å². The fourth-order valence-electron chi connectivity index (χ4n) is 8.55. The molecular formula is C36H67N7O. The van der Waals surface area contributed by atoms with E-state index in [9.17, 15) is 0 Å². The molecule has 1 aromatic heterocycles. The topological polar surface area (TPSA) is 60.9 Å². The number of aryl methyl sites for hydroxylation is 1. The Hall–Kier alpha value is -1.35. The van der Waals surface area contributed by atoms with Gasteiger partial charge in [0.2, 0.25) is 5.95 Å². The van der Waals surface area contributed by atoms with E-state index in [1.807, 2.05) is 6.92 Å². The first-order valence-electron chi connectivity index (χ1n) is 17.7. The van der Waals surface area contributed by atoms with Gasteiger partial charge in [0.05, 0.1) is 0 Å². The molecule has 44 heavy (non-hydrogen) atoms. The van der Waals surface area contributed by atoms with Crippen LogP contribution >= 0.6 is 0 Å². The lowest BCUT2D eigenvalue weighted by Crippen LogP contribution is -2.63. The summed E-state index contributed by atoms with van der Waals surface area (Å²) in [6.07, 6.45) is 11.6. The van der Waals surface area contributed by atoms with Crippen molar-refractivity contribution in [3.05, 3.63) is 11.6 Å². The Balaban J connectivity index is 1.40. The van der Waals surface area contributed by atoms with Crippen LogP contribution < -0.4 is 4.90 Å². The average Bonchev–Trinajstić information content (AvgIpc) is 2.93. The summed E-state index contributed by atoms with van der Waals surface area (Å²) >= 11 is 0. The molecule has 0 aromatic carbocycles. The monoisotopic (exact) mass is 614 g/mol. The molecule has 1 aromatic rings. The van der Waals surface area contributed by atoms with Crippen molar-refractivity contribution in [2.75, 3.05) is 52.3 Å². The molecule has 3 fully saturated rings. The summed E-state index contributed by atoms with van der Waals surface area (Å²) in [5, 5.41) is 0. The fraction of sp³-hybridized carbons (Fsp3) is 0.917. The number of likely N-dealkylation sites (tertiary alicyclic amines) is 2. The van der Waals surface area contributed by atoms with Crippen LogP contribution in [0.2, 0.25) is 0 Å². The molecule has 0 N–H and O–H groups in total. The number of hydrogen-bond donors (Lipinski definition) is 0. The lowest BCUT2D eigenvalue weighted by molar-refractivity contribution is -0.0426. The van der Waals surface area contributed by atoms with Crippen LogP contribution in [0.4, 0.5) is 5.95 Å². The zero-order valence-electron chi connectivity index (χ0n) is 30.7. The molecule has 4 heterocycles. The Morgan fingerprint density at radius 1 is 0.682 bits per heavy atom. The molecular weight excluding hydrogens is 546 g/mol. The van der Waals surface area contributed by atoms with E-state index in [-0.39, 0.29) is 22.2 Å². The number of anilines is 1. The van der Waals surface area contributed by atoms with Crippen LogP contribution in [0, 0.1) is 6.92 Å². The number of unbranched alkanes of at least 4 members (excludes halogenated alkanes) is 3. The largest absolute Gasteiger partial charge is 0.381 e. The van der Waals surface area contributed by atoms with E-state index >= 15 is 0 Å². The summed E-state index contributed by atoms with van der Waals surface area (Å²) in [5.74, 6) is 3.08. The van der Waals surface area contributed by atoms with Crippen LogP contribution in [-0.4, -0.2) is 111 Å². The van der Waals surface area contributed by atoms with Crippen molar-refractivity contribution in [2.45, 2.75) is 167 Å². The Labute approximate surface area is 270 Å². The molecule has 3 aliphatic rings. The van der Waals surface area contributed by atoms with Gasteiger partial charge in [0.15, 0.2) is 0 Å². The summed E-state index contributed by atoms with van der Waals surface area (Å²) in [4.78, 5) is 25.4. The summed E-state index contributed by atoms with van der Waals surface area (Å²) in [6.45, 7) is 25.1. The van der Waals surface area contributed by atoms with Gasteiger partial charge in [-0.25, -0.2) is 4.98 Å². The van der Waals surface area contributed by atoms with Gasteiger partial charge in [0.1, 0.15) is 11.6 Å². The molecule has 0 unspecified atom stereocenters. The van der Waals surface area contributed by atoms with Crippen LogP contribution in [0.3, 0.4) is 0 Å². The zero-order valence-corrected chi connectivity index (χ0v) is 30.7. The zero-order chi connectivity index (χ0) is 32.5. The Morgan fingerprint density at radius 2 is 1.16 bits per heavy atom.